The molecule has 0 unspecified atom stereocenters. The number of rotatable bonds is 6. The molecule has 0 saturated carbocycles. The fourth-order valence-corrected chi connectivity index (χ4v) is 3.21. The van der Waals surface area contributed by atoms with Gasteiger partial charge in [-0.25, -0.2) is 4.98 Å². The minimum Gasteiger partial charge on any atom is -0.457 e. The summed E-state index contributed by atoms with van der Waals surface area (Å²) in [6.45, 7) is 2.69. The van der Waals surface area contributed by atoms with E-state index in [4.69, 9.17) is 4.42 Å². The monoisotopic (exact) mass is 359 g/mol. The predicted molar refractivity (Wildman–Crippen MR) is 104 cm³/mol. The fraction of sp³-hybridized carbons (Fsp3) is 0.182. The van der Waals surface area contributed by atoms with Crippen LogP contribution in [0.5, 0.6) is 0 Å². The van der Waals surface area contributed by atoms with Gasteiger partial charge in [-0.05, 0) is 30.7 Å². The lowest BCUT2D eigenvalue weighted by atomic mass is 10.1. The standard InChI is InChI=1S/C22H21N3O2/c1-16-6-5-12-23-19(16)11-13-25-15-24-21(17-7-3-2-4-8-17)22(25)20-10-9-18(14-26)27-20/h2-10,12,15,26H,11,13-14H2,1H3. The van der Waals surface area contributed by atoms with E-state index in [1.807, 2.05) is 55.0 Å². The highest BCUT2D eigenvalue weighted by Crippen LogP contribution is 2.32. The van der Waals surface area contributed by atoms with Crippen LogP contribution in [-0.2, 0) is 19.6 Å². The number of benzene rings is 1. The number of aliphatic hydroxyl groups is 1. The number of aromatic nitrogens is 3. The van der Waals surface area contributed by atoms with Gasteiger partial charge in [-0.3, -0.25) is 4.98 Å². The van der Waals surface area contributed by atoms with Crippen LogP contribution in [0.3, 0.4) is 0 Å². The minimum absolute atomic E-state index is 0.123. The van der Waals surface area contributed by atoms with Crippen molar-refractivity contribution in [2.24, 2.45) is 0 Å². The van der Waals surface area contributed by atoms with Gasteiger partial charge in [-0.2, -0.15) is 0 Å². The van der Waals surface area contributed by atoms with Crippen LogP contribution >= 0.6 is 0 Å². The Morgan fingerprint density at radius 1 is 1.00 bits per heavy atom. The maximum Gasteiger partial charge on any atom is 0.153 e. The first-order valence-electron chi connectivity index (χ1n) is 8.97. The molecule has 0 aliphatic carbocycles. The van der Waals surface area contributed by atoms with Gasteiger partial charge in [-0.15, -0.1) is 0 Å². The summed E-state index contributed by atoms with van der Waals surface area (Å²) >= 11 is 0. The van der Waals surface area contributed by atoms with Gasteiger partial charge in [0, 0.05) is 30.4 Å². The molecule has 1 N–H and O–H groups in total. The smallest absolute Gasteiger partial charge is 0.153 e. The molecule has 5 nitrogen and oxygen atoms in total. The molecule has 0 bridgehead atoms. The van der Waals surface area contributed by atoms with Crippen molar-refractivity contribution in [3.63, 3.8) is 0 Å². The topological polar surface area (TPSA) is 64.1 Å². The highest BCUT2D eigenvalue weighted by Gasteiger charge is 2.18. The number of aryl methyl sites for hydroxylation is 3. The molecule has 4 aromatic rings. The van der Waals surface area contributed by atoms with Crippen LogP contribution in [0.4, 0.5) is 0 Å². The lowest BCUT2D eigenvalue weighted by Crippen LogP contribution is -2.04. The number of aliphatic hydroxyl groups excluding tert-OH is 1. The van der Waals surface area contributed by atoms with Gasteiger partial charge in [0.15, 0.2) is 5.76 Å². The van der Waals surface area contributed by atoms with Gasteiger partial charge in [0.1, 0.15) is 18.1 Å². The van der Waals surface area contributed by atoms with E-state index in [1.165, 1.54) is 5.56 Å². The fourth-order valence-electron chi connectivity index (χ4n) is 3.21. The zero-order chi connectivity index (χ0) is 18.6. The molecule has 27 heavy (non-hydrogen) atoms. The molecular formula is C22H21N3O2. The van der Waals surface area contributed by atoms with Crippen molar-refractivity contribution in [2.75, 3.05) is 0 Å². The number of hydrogen-bond donors (Lipinski definition) is 1. The normalized spacial score (nSPS) is 11.0. The average Bonchev–Trinajstić information content (AvgIpc) is 3.34. The van der Waals surface area contributed by atoms with E-state index in [0.29, 0.717) is 11.5 Å². The van der Waals surface area contributed by atoms with Gasteiger partial charge in [-0.1, -0.05) is 36.4 Å². The van der Waals surface area contributed by atoms with E-state index in [2.05, 4.69) is 27.5 Å². The third-order valence-corrected chi connectivity index (χ3v) is 4.64. The number of furan rings is 1. The van der Waals surface area contributed by atoms with Crippen LogP contribution in [0.2, 0.25) is 0 Å². The maximum absolute atomic E-state index is 9.36. The van der Waals surface area contributed by atoms with Crippen molar-refractivity contribution < 1.29 is 9.52 Å². The summed E-state index contributed by atoms with van der Waals surface area (Å²) in [4.78, 5) is 9.14. The summed E-state index contributed by atoms with van der Waals surface area (Å²) in [6, 6.07) is 17.8. The van der Waals surface area contributed by atoms with Crippen molar-refractivity contribution in [1.82, 2.24) is 14.5 Å². The summed E-state index contributed by atoms with van der Waals surface area (Å²) in [6.07, 6.45) is 4.47. The van der Waals surface area contributed by atoms with Gasteiger partial charge >= 0.3 is 0 Å². The molecule has 0 amide bonds. The summed E-state index contributed by atoms with van der Waals surface area (Å²) in [5, 5.41) is 9.36. The summed E-state index contributed by atoms with van der Waals surface area (Å²) in [7, 11) is 0. The van der Waals surface area contributed by atoms with E-state index in [-0.39, 0.29) is 6.61 Å². The van der Waals surface area contributed by atoms with Gasteiger partial charge in [0.05, 0.1) is 12.0 Å². The first kappa shape index (κ1) is 17.2. The Morgan fingerprint density at radius 3 is 2.59 bits per heavy atom. The maximum atomic E-state index is 9.36. The Kier molecular flexibility index (Phi) is 4.85. The van der Waals surface area contributed by atoms with Crippen LogP contribution in [0.25, 0.3) is 22.7 Å². The second kappa shape index (κ2) is 7.60. The largest absolute Gasteiger partial charge is 0.457 e. The Balaban J connectivity index is 1.73. The second-order valence-electron chi connectivity index (χ2n) is 6.44. The first-order chi connectivity index (χ1) is 13.3. The Hall–Kier alpha value is -3.18. The van der Waals surface area contributed by atoms with E-state index in [1.54, 1.807) is 6.07 Å². The molecular weight excluding hydrogens is 338 g/mol. The Labute approximate surface area is 158 Å². The van der Waals surface area contributed by atoms with Crippen LogP contribution in [0.1, 0.15) is 17.0 Å². The van der Waals surface area contributed by atoms with Crippen molar-refractivity contribution in [3.8, 4) is 22.7 Å². The molecule has 0 saturated heterocycles. The molecule has 0 fully saturated rings. The number of nitrogens with zero attached hydrogens (tertiary/aromatic N) is 3. The number of pyridine rings is 1. The highest BCUT2D eigenvalue weighted by atomic mass is 16.4. The minimum atomic E-state index is -0.123. The van der Waals surface area contributed by atoms with Crippen molar-refractivity contribution in [3.05, 3.63) is 84.1 Å². The van der Waals surface area contributed by atoms with Crippen LogP contribution in [-0.4, -0.2) is 19.6 Å². The Morgan fingerprint density at radius 2 is 1.85 bits per heavy atom. The van der Waals surface area contributed by atoms with Crippen molar-refractivity contribution in [1.29, 1.82) is 0 Å². The molecule has 3 aromatic heterocycles. The molecule has 5 heteroatoms. The lowest BCUT2D eigenvalue weighted by molar-refractivity contribution is 0.248. The average molecular weight is 359 g/mol. The van der Waals surface area contributed by atoms with Gasteiger partial charge in [0.25, 0.3) is 0 Å². The zero-order valence-corrected chi connectivity index (χ0v) is 15.2. The third-order valence-electron chi connectivity index (χ3n) is 4.64. The molecule has 0 aliphatic rings. The van der Waals surface area contributed by atoms with E-state index >= 15 is 0 Å². The zero-order valence-electron chi connectivity index (χ0n) is 15.2. The summed E-state index contributed by atoms with van der Waals surface area (Å²) < 4.78 is 7.92. The summed E-state index contributed by atoms with van der Waals surface area (Å²) in [5.41, 5.74) is 5.07. The molecule has 136 valence electrons. The first-order valence-corrected chi connectivity index (χ1v) is 8.97. The van der Waals surface area contributed by atoms with E-state index in [0.717, 1.165) is 35.6 Å². The molecule has 0 spiro atoms. The van der Waals surface area contributed by atoms with Gasteiger partial charge in [0.2, 0.25) is 0 Å². The molecule has 0 atom stereocenters. The van der Waals surface area contributed by atoms with Crippen LogP contribution < -0.4 is 0 Å². The van der Waals surface area contributed by atoms with Crippen molar-refractivity contribution >= 4 is 0 Å². The van der Waals surface area contributed by atoms with Crippen LogP contribution in [0.15, 0.2) is 71.5 Å². The quantitative estimate of drug-likeness (QED) is 0.559. The van der Waals surface area contributed by atoms with Crippen LogP contribution in [0, 0.1) is 6.92 Å². The van der Waals surface area contributed by atoms with Gasteiger partial charge < -0.3 is 14.1 Å². The van der Waals surface area contributed by atoms with E-state index in [9.17, 15) is 5.11 Å². The number of imidazole rings is 1. The summed E-state index contributed by atoms with van der Waals surface area (Å²) in [5.74, 6) is 1.24. The molecule has 1 aromatic carbocycles. The third kappa shape index (κ3) is 3.55. The van der Waals surface area contributed by atoms with E-state index < -0.39 is 0 Å². The van der Waals surface area contributed by atoms with Crippen molar-refractivity contribution in [2.45, 2.75) is 26.5 Å². The molecule has 4 rings (SSSR count). The number of hydrogen-bond acceptors (Lipinski definition) is 4. The lowest BCUT2D eigenvalue weighted by Gasteiger charge is -2.09. The molecule has 3 heterocycles. The highest BCUT2D eigenvalue weighted by molar-refractivity contribution is 5.76. The Bertz CT molecular complexity index is 1030. The predicted octanol–water partition coefficient (Wildman–Crippen LogP) is 4.25. The second-order valence-corrected chi connectivity index (χ2v) is 6.44. The SMILES string of the molecule is Cc1cccnc1CCn1cnc(-c2ccccc2)c1-c1ccc(CO)o1. The molecule has 0 radical (unpaired) electrons. The molecule has 0 aliphatic heterocycles.